The van der Waals surface area contributed by atoms with E-state index in [1.54, 1.807) is 12.1 Å². The zero-order chi connectivity index (χ0) is 24.3. The van der Waals surface area contributed by atoms with Gasteiger partial charge in [0.25, 0.3) is 0 Å². The first kappa shape index (κ1) is 25.6. The van der Waals surface area contributed by atoms with Crippen molar-refractivity contribution in [1.29, 1.82) is 0 Å². The Morgan fingerprint density at radius 1 is 0.824 bits per heavy atom. The Labute approximate surface area is 201 Å². The van der Waals surface area contributed by atoms with Gasteiger partial charge in [0, 0.05) is 12.2 Å². The summed E-state index contributed by atoms with van der Waals surface area (Å²) >= 11 is 0. The first-order chi connectivity index (χ1) is 16.5. The van der Waals surface area contributed by atoms with Crippen molar-refractivity contribution >= 4 is 6.08 Å². The van der Waals surface area contributed by atoms with E-state index in [9.17, 15) is 13.9 Å². The molecule has 34 heavy (non-hydrogen) atoms. The van der Waals surface area contributed by atoms with Crippen molar-refractivity contribution in [1.82, 2.24) is 0 Å². The van der Waals surface area contributed by atoms with Crippen molar-refractivity contribution in [2.24, 2.45) is 0 Å². The van der Waals surface area contributed by atoms with Gasteiger partial charge in [-0.25, -0.2) is 4.39 Å². The summed E-state index contributed by atoms with van der Waals surface area (Å²) in [5.74, 6) is -2.96. The van der Waals surface area contributed by atoms with Gasteiger partial charge in [-0.2, -0.15) is 4.39 Å². The van der Waals surface area contributed by atoms with Crippen molar-refractivity contribution in [3.8, 4) is 28.0 Å². The smallest absolute Gasteiger partial charge is 0.200 e. The summed E-state index contributed by atoms with van der Waals surface area (Å²) < 4.78 is 33.6. The van der Waals surface area contributed by atoms with Crippen molar-refractivity contribution in [3.63, 3.8) is 0 Å². The predicted molar refractivity (Wildman–Crippen MR) is 137 cm³/mol. The van der Waals surface area contributed by atoms with Crippen LogP contribution in [-0.2, 0) is 4.74 Å². The first-order valence-corrected chi connectivity index (χ1v) is 12.2. The van der Waals surface area contributed by atoms with Gasteiger partial charge in [-0.3, -0.25) is 0 Å². The molecule has 0 saturated heterocycles. The third-order valence-electron chi connectivity index (χ3n) is 5.94. The average molecular weight is 465 g/mol. The highest BCUT2D eigenvalue weighted by molar-refractivity contribution is 5.72. The van der Waals surface area contributed by atoms with E-state index in [1.165, 1.54) is 18.9 Å². The third-order valence-corrected chi connectivity index (χ3v) is 5.94. The van der Waals surface area contributed by atoms with Crippen LogP contribution >= 0.6 is 0 Å². The largest absolute Gasteiger partial charge is 0.505 e. The van der Waals surface area contributed by atoms with E-state index in [4.69, 9.17) is 4.74 Å². The molecule has 1 N–H and O–H groups in total. The van der Waals surface area contributed by atoms with E-state index in [1.807, 2.05) is 12.1 Å². The fraction of sp³-hybridized carbons (Fsp3) is 0.333. The summed E-state index contributed by atoms with van der Waals surface area (Å²) in [6.45, 7) is 5.22. The fourth-order valence-corrected chi connectivity index (χ4v) is 3.85. The molecule has 0 spiro atoms. The molecule has 0 aliphatic rings. The molecule has 0 aromatic heterocycles. The van der Waals surface area contributed by atoms with E-state index >= 15 is 0 Å². The van der Waals surface area contributed by atoms with Gasteiger partial charge in [-0.05, 0) is 67.0 Å². The number of hydrogen-bond acceptors (Lipinski definition) is 2. The summed E-state index contributed by atoms with van der Waals surface area (Å²) in [6, 6.07) is 18.1. The highest BCUT2D eigenvalue weighted by atomic mass is 19.2. The summed E-state index contributed by atoms with van der Waals surface area (Å²) in [5.41, 5.74) is 3.87. The molecule has 1 unspecified atom stereocenters. The maximum Gasteiger partial charge on any atom is 0.200 e. The Bertz CT molecular complexity index is 1060. The second kappa shape index (κ2) is 13.0. The number of phenolic OH excluding ortho intramolecular Hbond substituents is 1. The number of benzene rings is 3. The van der Waals surface area contributed by atoms with E-state index in [0.717, 1.165) is 55.0 Å². The fourth-order valence-electron chi connectivity index (χ4n) is 3.85. The third kappa shape index (κ3) is 7.26. The molecule has 1 atom stereocenters. The van der Waals surface area contributed by atoms with Gasteiger partial charge in [0.05, 0.1) is 6.10 Å². The lowest BCUT2D eigenvalue weighted by molar-refractivity contribution is 0.0566. The Balaban J connectivity index is 1.50. The number of aromatic hydroxyl groups is 1. The van der Waals surface area contributed by atoms with E-state index < -0.39 is 17.4 Å². The van der Waals surface area contributed by atoms with Crippen LogP contribution in [0, 0.1) is 11.6 Å². The quantitative estimate of drug-likeness (QED) is 0.271. The minimum Gasteiger partial charge on any atom is -0.505 e. The summed E-state index contributed by atoms with van der Waals surface area (Å²) in [7, 11) is 0. The van der Waals surface area contributed by atoms with Crippen LogP contribution < -0.4 is 0 Å². The lowest BCUT2D eigenvalue weighted by atomic mass is 9.99. The average Bonchev–Trinajstić information content (AvgIpc) is 2.86. The summed E-state index contributed by atoms with van der Waals surface area (Å²) in [4.78, 5) is 0. The minimum absolute atomic E-state index is 0.125. The monoisotopic (exact) mass is 464 g/mol. The summed E-state index contributed by atoms with van der Waals surface area (Å²) in [6.07, 6.45) is 11.5. The van der Waals surface area contributed by atoms with Crippen LogP contribution in [0.5, 0.6) is 5.75 Å². The molecule has 0 aliphatic carbocycles. The lowest BCUT2D eigenvalue weighted by Crippen LogP contribution is -2.08. The van der Waals surface area contributed by atoms with Gasteiger partial charge in [0.15, 0.2) is 11.6 Å². The number of unbranched alkanes of at least 4 members (excludes halogenated alkanes) is 3. The first-order valence-electron chi connectivity index (χ1n) is 12.2. The van der Waals surface area contributed by atoms with Crippen LogP contribution in [-0.4, -0.2) is 17.8 Å². The molecule has 180 valence electrons. The summed E-state index contributed by atoms with van der Waals surface area (Å²) in [5, 5.41) is 9.31. The van der Waals surface area contributed by atoms with Crippen LogP contribution in [0.4, 0.5) is 8.78 Å². The van der Waals surface area contributed by atoms with Gasteiger partial charge in [0.2, 0.25) is 5.82 Å². The van der Waals surface area contributed by atoms with Gasteiger partial charge in [0.1, 0.15) is 0 Å². The number of phenols is 1. The molecule has 0 aliphatic heterocycles. The zero-order valence-electron chi connectivity index (χ0n) is 20.1. The second-order valence-electron chi connectivity index (χ2n) is 8.68. The lowest BCUT2D eigenvalue weighted by Gasteiger charge is -2.12. The van der Waals surface area contributed by atoms with Gasteiger partial charge in [-0.1, -0.05) is 80.4 Å². The number of halogens is 2. The number of rotatable bonds is 12. The van der Waals surface area contributed by atoms with Crippen molar-refractivity contribution in [2.75, 3.05) is 6.61 Å². The Morgan fingerprint density at radius 3 is 2.15 bits per heavy atom. The van der Waals surface area contributed by atoms with Crippen LogP contribution in [0.2, 0.25) is 0 Å². The number of hydrogen-bond donors (Lipinski definition) is 1. The van der Waals surface area contributed by atoms with Gasteiger partial charge < -0.3 is 9.84 Å². The predicted octanol–water partition coefficient (Wildman–Crippen LogP) is 8.78. The number of ether oxygens (including phenoxy) is 1. The molecule has 3 aromatic rings. The SMILES string of the molecule is CCCCCOC(C)CCCC=Cc1ccc(-c2ccc(-c3ccc(O)c(F)c3F)cc2)cc1. The second-order valence-corrected chi connectivity index (χ2v) is 8.68. The molecule has 0 saturated carbocycles. The topological polar surface area (TPSA) is 29.5 Å². The van der Waals surface area contributed by atoms with Crippen LogP contribution in [0.25, 0.3) is 28.3 Å². The molecule has 0 heterocycles. The van der Waals surface area contributed by atoms with Crippen LogP contribution in [0.3, 0.4) is 0 Å². The Morgan fingerprint density at radius 2 is 1.47 bits per heavy atom. The van der Waals surface area contributed by atoms with Crippen molar-refractivity contribution in [2.45, 2.75) is 58.5 Å². The van der Waals surface area contributed by atoms with E-state index in [-0.39, 0.29) is 5.56 Å². The van der Waals surface area contributed by atoms with E-state index in [2.05, 4.69) is 50.3 Å². The highest BCUT2D eigenvalue weighted by Gasteiger charge is 2.14. The van der Waals surface area contributed by atoms with Gasteiger partial charge >= 0.3 is 0 Å². The normalized spacial score (nSPS) is 12.4. The standard InChI is InChI=1S/C30H34F2O2/c1-3-4-8-21-34-22(2)9-6-5-7-10-23-11-13-24(14-12-23)25-15-17-26(18-16-25)27-19-20-28(33)30(32)29(27)31/h7,10-20,22,33H,3-6,8-9,21H2,1-2H3. The van der Waals surface area contributed by atoms with Crippen molar-refractivity contribution in [3.05, 3.63) is 83.9 Å². The molecule has 4 heteroatoms. The molecule has 0 amide bonds. The molecule has 3 aromatic carbocycles. The molecule has 0 radical (unpaired) electrons. The van der Waals surface area contributed by atoms with Crippen LogP contribution in [0.15, 0.2) is 66.7 Å². The molecule has 0 fully saturated rings. The molecule has 2 nitrogen and oxygen atoms in total. The molecule has 3 rings (SSSR count). The van der Waals surface area contributed by atoms with Crippen molar-refractivity contribution < 1.29 is 18.6 Å². The maximum absolute atomic E-state index is 14.1. The minimum atomic E-state index is -1.23. The number of allylic oxidation sites excluding steroid dienone is 1. The Hall–Kier alpha value is -2.98. The van der Waals surface area contributed by atoms with E-state index in [0.29, 0.717) is 11.7 Å². The Kier molecular flexibility index (Phi) is 9.84. The maximum atomic E-state index is 14.1. The molecular formula is C30H34F2O2. The molecule has 0 bridgehead atoms. The van der Waals surface area contributed by atoms with Crippen LogP contribution in [0.1, 0.15) is 57.9 Å². The molecular weight excluding hydrogens is 430 g/mol. The highest BCUT2D eigenvalue weighted by Crippen LogP contribution is 2.31. The van der Waals surface area contributed by atoms with Gasteiger partial charge in [-0.15, -0.1) is 0 Å². The zero-order valence-corrected chi connectivity index (χ0v) is 20.1.